The van der Waals surface area contributed by atoms with Gasteiger partial charge in [-0.1, -0.05) is 49.2 Å². The number of nitrogens with zero attached hydrogens (tertiary/aromatic N) is 1. The van der Waals surface area contributed by atoms with Crippen LogP contribution >= 0.6 is 0 Å². The number of halogens is 1. The van der Waals surface area contributed by atoms with Crippen LogP contribution in [-0.2, 0) is 9.59 Å². The number of likely N-dealkylation sites (tertiary alicyclic amines) is 1. The highest BCUT2D eigenvalue weighted by atomic mass is 19.1. The fraction of sp³-hybridized carbons (Fsp3) is 0.407. The molecule has 1 saturated heterocycles. The van der Waals surface area contributed by atoms with Crippen molar-refractivity contribution in [3.8, 4) is 0 Å². The maximum atomic E-state index is 14.8. The number of nitrogens with one attached hydrogen (secondary N) is 1. The van der Waals surface area contributed by atoms with Gasteiger partial charge in [-0.25, -0.2) is 4.39 Å². The van der Waals surface area contributed by atoms with Gasteiger partial charge in [0.2, 0.25) is 5.91 Å². The van der Waals surface area contributed by atoms with E-state index in [2.05, 4.69) is 4.98 Å². The molecule has 32 heavy (non-hydrogen) atoms. The molecule has 5 heteroatoms. The second-order valence-corrected chi connectivity index (χ2v) is 9.27. The van der Waals surface area contributed by atoms with E-state index in [-0.39, 0.29) is 35.5 Å². The minimum Gasteiger partial charge on any atom is -0.361 e. The molecule has 0 bridgehead atoms. The molecule has 4 unspecified atom stereocenters. The van der Waals surface area contributed by atoms with Gasteiger partial charge in [0.1, 0.15) is 12.1 Å². The van der Waals surface area contributed by atoms with Gasteiger partial charge in [-0.05, 0) is 48.4 Å². The van der Waals surface area contributed by atoms with Crippen LogP contribution in [0.1, 0.15) is 55.6 Å². The van der Waals surface area contributed by atoms with Crippen molar-refractivity contribution in [1.29, 1.82) is 0 Å². The van der Waals surface area contributed by atoms with Gasteiger partial charge in [0.05, 0.1) is 0 Å². The number of carbonyl (C=O) groups is 2. The first-order valence-electron chi connectivity index (χ1n) is 11.7. The van der Waals surface area contributed by atoms with E-state index in [1.807, 2.05) is 47.5 Å². The number of fused-ring (bicyclic) bond motifs is 2. The Morgan fingerprint density at radius 3 is 2.72 bits per heavy atom. The number of H-pyrrole nitrogens is 1. The highest BCUT2D eigenvalue weighted by molar-refractivity contribution is 5.86. The number of hydrogen-bond acceptors (Lipinski definition) is 2. The molecule has 4 nitrogen and oxygen atoms in total. The third kappa shape index (κ3) is 3.74. The van der Waals surface area contributed by atoms with Gasteiger partial charge in [0.25, 0.3) is 0 Å². The number of aldehydes is 1. The zero-order chi connectivity index (χ0) is 22.1. The molecule has 5 rings (SSSR count). The van der Waals surface area contributed by atoms with E-state index in [1.54, 1.807) is 6.07 Å². The summed E-state index contributed by atoms with van der Waals surface area (Å²) in [5, 5.41) is 0.560. The van der Waals surface area contributed by atoms with Crippen LogP contribution in [0.5, 0.6) is 0 Å². The third-order valence-electron chi connectivity index (χ3n) is 7.57. The zero-order valence-corrected chi connectivity index (χ0v) is 18.2. The highest BCUT2D eigenvalue weighted by Crippen LogP contribution is 2.40. The Labute approximate surface area is 187 Å². The van der Waals surface area contributed by atoms with E-state index in [0.29, 0.717) is 18.4 Å². The summed E-state index contributed by atoms with van der Waals surface area (Å²) in [5.41, 5.74) is 2.57. The minimum absolute atomic E-state index is 0.0667. The molecule has 2 aromatic carbocycles. The Hall–Kier alpha value is -2.95. The van der Waals surface area contributed by atoms with E-state index in [1.165, 1.54) is 6.07 Å². The molecule has 1 N–H and O–H groups in total. The minimum atomic E-state index is -0.272. The monoisotopic (exact) mass is 432 g/mol. The van der Waals surface area contributed by atoms with Crippen molar-refractivity contribution >= 4 is 23.1 Å². The first-order chi connectivity index (χ1) is 15.7. The molecule has 0 spiro atoms. The molecule has 1 amide bonds. The predicted molar refractivity (Wildman–Crippen MR) is 123 cm³/mol. The van der Waals surface area contributed by atoms with E-state index in [4.69, 9.17) is 0 Å². The van der Waals surface area contributed by atoms with Crippen molar-refractivity contribution in [3.63, 3.8) is 0 Å². The zero-order valence-electron chi connectivity index (χ0n) is 18.2. The molecule has 2 heterocycles. The highest BCUT2D eigenvalue weighted by Gasteiger charge is 2.41. The van der Waals surface area contributed by atoms with Gasteiger partial charge in [-0.3, -0.25) is 4.79 Å². The molecular formula is C27H29FN2O2. The number of benzene rings is 2. The number of amides is 1. The molecular weight excluding hydrogens is 403 g/mol. The molecule has 1 aliphatic heterocycles. The van der Waals surface area contributed by atoms with Gasteiger partial charge in [-0.15, -0.1) is 0 Å². The Morgan fingerprint density at radius 1 is 1.09 bits per heavy atom. The van der Waals surface area contributed by atoms with E-state index in [9.17, 15) is 14.0 Å². The first-order valence-corrected chi connectivity index (χ1v) is 11.7. The lowest BCUT2D eigenvalue weighted by molar-refractivity contribution is -0.141. The summed E-state index contributed by atoms with van der Waals surface area (Å²) in [6, 6.07) is 15.1. The number of aromatic nitrogens is 1. The van der Waals surface area contributed by atoms with Gasteiger partial charge in [0, 0.05) is 47.9 Å². The standard InChI is InChI=1S/C27H29FN2O2/c28-23-10-6-11-24-27(23)22(16-29-24)21(18-7-2-1-3-8-18)15-26(32)30-14-13-19(17-31)20-9-4-5-12-25(20)30/h1-3,6-8,10-11,16-17,19-21,25,29H,4-5,9,12-15H2. The van der Waals surface area contributed by atoms with Crippen LogP contribution in [0, 0.1) is 17.7 Å². The summed E-state index contributed by atoms with van der Waals surface area (Å²) in [6.07, 6.45) is 8.22. The van der Waals surface area contributed by atoms with Crippen molar-refractivity contribution in [1.82, 2.24) is 9.88 Å². The summed E-state index contributed by atoms with van der Waals surface area (Å²) in [5.74, 6) is -0.0612. The van der Waals surface area contributed by atoms with Crippen molar-refractivity contribution in [2.45, 2.75) is 50.5 Å². The number of rotatable bonds is 5. The molecule has 3 aromatic rings. The average molecular weight is 433 g/mol. The Morgan fingerprint density at radius 2 is 1.91 bits per heavy atom. The first kappa shape index (κ1) is 20.9. The molecule has 2 aliphatic rings. The summed E-state index contributed by atoms with van der Waals surface area (Å²) in [7, 11) is 0. The number of aromatic amines is 1. The SMILES string of the molecule is O=CC1CCN(C(=O)CC(c2ccccc2)c2c[nH]c3cccc(F)c23)C2CCCCC12. The van der Waals surface area contributed by atoms with E-state index >= 15 is 0 Å². The number of carbonyl (C=O) groups excluding carboxylic acids is 2. The summed E-state index contributed by atoms with van der Waals surface area (Å²) in [4.78, 5) is 30.5. The molecule has 1 aliphatic carbocycles. The van der Waals surface area contributed by atoms with Crippen molar-refractivity contribution in [2.24, 2.45) is 11.8 Å². The molecule has 166 valence electrons. The van der Waals surface area contributed by atoms with Crippen LogP contribution in [0.25, 0.3) is 10.9 Å². The molecule has 0 radical (unpaired) electrons. The lowest BCUT2D eigenvalue weighted by Crippen LogP contribution is -2.53. The molecule has 1 saturated carbocycles. The van der Waals surface area contributed by atoms with Gasteiger partial charge in [-0.2, -0.15) is 0 Å². The van der Waals surface area contributed by atoms with Crippen molar-refractivity contribution in [2.75, 3.05) is 6.54 Å². The van der Waals surface area contributed by atoms with Crippen molar-refractivity contribution < 1.29 is 14.0 Å². The fourth-order valence-corrected chi connectivity index (χ4v) is 6.00. The maximum absolute atomic E-state index is 14.8. The number of hydrogen-bond donors (Lipinski definition) is 1. The Kier molecular flexibility index (Phi) is 5.81. The van der Waals surface area contributed by atoms with Gasteiger partial charge in [0.15, 0.2) is 0 Å². The smallest absolute Gasteiger partial charge is 0.223 e. The van der Waals surface area contributed by atoms with Gasteiger partial charge < -0.3 is 14.7 Å². The largest absolute Gasteiger partial charge is 0.361 e. The quantitative estimate of drug-likeness (QED) is 0.546. The predicted octanol–water partition coefficient (Wildman–Crippen LogP) is 5.44. The lowest BCUT2D eigenvalue weighted by atomic mass is 9.72. The average Bonchev–Trinajstić information content (AvgIpc) is 3.27. The fourth-order valence-electron chi connectivity index (χ4n) is 6.00. The van der Waals surface area contributed by atoms with Crippen molar-refractivity contribution in [3.05, 3.63) is 71.7 Å². The van der Waals surface area contributed by atoms with Crippen LogP contribution in [0.15, 0.2) is 54.7 Å². The van der Waals surface area contributed by atoms with Gasteiger partial charge >= 0.3 is 0 Å². The van der Waals surface area contributed by atoms with Crippen LogP contribution in [0.2, 0.25) is 0 Å². The Balaban J connectivity index is 1.48. The van der Waals surface area contributed by atoms with Crippen LogP contribution in [0.4, 0.5) is 4.39 Å². The Bertz CT molecular complexity index is 1110. The number of piperidine rings is 1. The third-order valence-corrected chi connectivity index (χ3v) is 7.57. The van der Waals surface area contributed by atoms with Crippen LogP contribution in [-0.4, -0.2) is 34.7 Å². The normalized spacial score (nSPS) is 24.2. The summed E-state index contributed by atoms with van der Waals surface area (Å²) >= 11 is 0. The molecule has 2 fully saturated rings. The van der Waals surface area contributed by atoms with Crippen LogP contribution < -0.4 is 0 Å². The second-order valence-electron chi connectivity index (χ2n) is 9.27. The maximum Gasteiger partial charge on any atom is 0.223 e. The molecule has 1 aromatic heterocycles. The summed E-state index contributed by atoms with van der Waals surface area (Å²) in [6.45, 7) is 0.632. The lowest BCUT2D eigenvalue weighted by Gasteiger charge is -2.47. The van der Waals surface area contributed by atoms with E-state index in [0.717, 1.165) is 55.0 Å². The summed E-state index contributed by atoms with van der Waals surface area (Å²) < 4.78 is 14.8. The van der Waals surface area contributed by atoms with Crippen LogP contribution in [0.3, 0.4) is 0 Å². The van der Waals surface area contributed by atoms with E-state index < -0.39 is 0 Å². The second kappa shape index (κ2) is 8.89. The molecule has 4 atom stereocenters. The topological polar surface area (TPSA) is 53.2 Å².